The lowest BCUT2D eigenvalue weighted by atomic mass is 10.1. The summed E-state index contributed by atoms with van der Waals surface area (Å²) in [6.07, 6.45) is 11.6. The van der Waals surface area contributed by atoms with Gasteiger partial charge >= 0.3 is 5.97 Å². The van der Waals surface area contributed by atoms with Gasteiger partial charge in [0.2, 0.25) is 0 Å². The van der Waals surface area contributed by atoms with Gasteiger partial charge in [0.1, 0.15) is 5.56 Å². The van der Waals surface area contributed by atoms with Gasteiger partial charge in [0.15, 0.2) is 0 Å². The first kappa shape index (κ1) is 29.9. The van der Waals surface area contributed by atoms with Crippen LogP contribution in [0.1, 0.15) is 87.1 Å². The van der Waals surface area contributed by atoms with E-state index in [9.17, 15) is 20.0 Å². The highest BCUT2D eigenvalue weighted by atomic mass is 16.6. The second-order valence-corrected chi connectivity index (χ2v) is 9.15. The maximum Gasteiger partial charge on any atom is 0.345 e. The molecular weight excluding hydrogens is 472 g/mol. The van der Waals surface area contributed by atoms with Gasteiger partial charge in [0.05, 0.1) is 36.1 Å². The zero-order chi connectivity index (χ0) is 26.9. The number of carbonyl (C=O) groups is 1. The Kier molecular flexibility index (Phi) is 13.9. The molecule has 9 nitrogen and oxygen atoms in total. The minimum atomic E-state index is -0.745. The van der Waals surface area contributed by atoms with E-state index in [2.05, 4.69) is 17.3 Å². The van der Waals surface area contributed by atoms with Gasteiger partial charge in [-0.3, -0.25) is 10.1 Å². The number of nitrogens with zero attached hydrogens (tertiary/aromatic N) is 4. The Labute approximate surface area is 219 Å². The van der Waals surface area contributed by atoms with Gasteiger partial charge in [0, 0.05) is 6.07 Å². The largest absolute Gasteiger partial charge is 0.462 e. The van der Waals surface area contributed by atoms with E-state index in [-0.39, 0.29) is 36.7 Å². The van der Waals surface area contributed by atoms with Crippen molar-refractivity contribution in [3.63, 3.8) is 0 Å². The Morgan fingerprint density at radius 2 is 1.59 bits per heavy atom. The third-order valence-corrected chi connectivity index (χ3v) is 6.04. The SMILES string of the molecule is CCCCCCCCCCCCOC(=O)c1cc(/N=N\N(CCO)c2ccc(C)cc2)ccc1[N+](=O)[O-]. The summed E-state index contributed by atoms with van der Waals surface area (Å²) in [4.78, 5) is 23.5. The Bertz CT molecular complexity index is 995. The molecule has 0 saturated heterocycles. The van der Waals surface area contributed by atoms with E-state index >= 15 is 0 Å². The zero-order valence-corrected chi connectivity index (χ0v) is 22.1. The van der Waals surface area contributed by atoms with Crippen LogP contribution in [0.5, 0.6) is 0 Å². The van der Waals surface area contributed by atoms with Crippen LogP contribution in [0.3, 0.4) is 0 Å². The average molecular weight is 513 g/mol. The highest BCUT2D eigenvalue weighted by Gasteiger charge is 2.22. The van der Waals surface area contributed by atoms with Crippen molar-refractivity contribution < 1.29 is 19.6 Å². The van der Waals surface area contributed by atoms with Gasteiger partial charge in [0.25, 0.3) is 5.69 Å². The molecule has 0 heterocycles. The molecule has 0 aromatic heterocycles. The van der Waals surface area contributed by atoms with E-state index in [1.54, 1.807) is 0 Å². The fraction of sp³-hybridized carbons (Fsp3) is 0.536. The molecule has 37 heavy (non-hydrogen) atoms. The van der Waals surface area contributed by atoms with Crippen LogP contribution in [0.15, 0.2) is 52.8 Å². The molecule has 2 aromatic rings. The third-order valence-electron chi connectivity index (χ3n) is 6.04. The first-order valence-electron chi connectivity index (χ1n) is 13.3. The maximum absolute atomic E-state index is 12.6. The normalized spacial score (nSPS) is 11.1. The average Bonchev–Trinajstić information content (AvgIpc) is 2.90. The summed E-state index contributed by atoms with van der Waals surface area (Å²) in [7, 11) is 0. The summed E-state index contributed by atoms with van der Waals surface area (Å²) < 4.78 is 5.33. The predicted octanol–water partition coefficient (Wildman–Crippen LogP) is 7.48. The summed E-state index contributed by atoms with van der Waals surface area (Å²) in [5.41, 5.74) is 1.60. The lowest BCUT2D eigenvalue weighted by Gasteiger charge is -2.16. The Morgan fingerprint density at radius 1 is 0.973 bits per heavy atom. The van der Waals surface area contributed by atoms with Gasteiger partial charge in [-0.05, 0) is 37.6 Å². The van der Waals surface area contributed by atoms with Crippen molar-refractivity contribution in [2.24, 2.45) is 10.3 Å². The van der Waals surface area contributed by atoms with E-state index in [0.29, 0.717) is 0 Å². The number of benzene rings is 2. The van der Waals surface area contributed by atoms with Crippen molar-refractivity contribution in [1.82, 2.24) is 0 Å². The molecular formula is C28H40N4O5. The number of aryl methyl sites for hydroxylation is 1. The van der Waals surface area contributed by atoms with Crippen LogP contribution in [0.4, 0.5) is 17.1 Å². The van der Waals surface area contributed by atoms with E-state index < -0.39 is 10.9 Å². The van der Waals surface area contributed by atoms with Gasteiger partial charge in [-0.25, -0.2) is 9.80 Å². The molecule has 0 fully saturated rings. The monoisotopic (exact) mass is 512 g/mol. The van der Waals surface area contributed by atoms with Crippen LogP contribution >= 0.6 is 0 Å². The van der Waals surface area contributed by atoms with Crippen LogP contribution in [0.25, 0.3) is 0 Å². The van der Waals surface area contributed by atoms with E-state index in [4.69, 9.17) is 4.74 Å². The third kappa shape index (κ3) is 11.1. The van der Waals surface area contributed by atoms with E-state index in [1.165, 1.54) is 68.2 Å². The standard InChI is InChI=1S/C28H40N4O5/c1-3-4-5-6-7-8-9-10-11-12-21-37-28(34)26-22-24(15-18-27(26)32(35)36)29-30-31(19-20-33)25-16-13-23(2)14-17-25/h13-18,22,33H,3-12,19-21H2,1-2H3/b30-29-. The highest BCUT2D eigenvalue weighted by Crippen LogP contribution is 2.26. The summed E-state index contributed by atoms with van der Waals surface area (Å²) in [6, 6.07) is 11.5. The van der Waals surface area contributed by atoms with Gasteiger partial charge in [-0.15, -0.1) is 5.11 Å². The predicted molar refractivity (Wildman–Crippen MR) is 145 cm³/mol. The summed E-state index contributed by atoms with van der Waals surface area (Å²) in [5.74, 6) is -0.745. The van der Waals surface area contributed by atoms with Crippen LogP contribution in [0, 0.1) is 17.0 Å². The topological polar surface area (TPSA) is 118 Å². The summed E-state index contributed by atoms with van der Waals surface area (Å²) >= 11 is 0. The molecule has 1 N–H and O–H groups in total. The van der Waals surface area contributed by atoms with Crippen LogP contribution in [-0.2, 0) is 4.74 Å². The molecule has 0 aliphatic heterocycles. The smallest absolute Gasteiger partial charge is 0.345 e. The lowest BCUT2D eigenvalue weighted by Crippen LogP contribution is -2.19. The number of hydrogen-bond donors (Lipinski definition) is 1. The van der Waals surface area contributed by atoms with Crippen LogP contribution in [0.2, 0.25) is 0 Å². The molecule has 0 radical (unpaired) electrons. The number of hydrogen-bond acceptors (Lipinski definition) is 7. The van der Waals surface area contributed by atoms with Crippen molar-refractivity contribution in [2.75, 3.05) is 24.8 Å². The first-order chi connectivity index (χ1) is 18.0. The summed E-state index contributed by atoms with van der Waals surface area (Å²) in [5, 5.41) is 30.7. The fourth-order valence-electron chi connectivity index (χ4n) is 3.88. The molecule has 0 saturated carbocycles. The number of nitro benzene ring substituents is 1. The lowest BCUT2D eigenvalue weighted by molar-refractivity contribution is -0.385. The second-order valence-electron chi connectivity index (χ2n) is 9.15. The molecule has 9 heteroatoms. The fourth-order valence-corrected chi connectivity index (χ4v) is 3.88. The molecule has 2 aromatic carbocycles. The number of unbranched alkanes of at least 4 members (excludes halogenated alkanes) is 9. The number of aliphatic hydroxyl groups is 1. The quantitative estimate of drug-likeness (QED) is 0.0727. The van der Waals surface area contributed by atoms with Crippen molar-refractivity contribution in [3.05, 3.63) is 63.7 Å². The van der Waals surface area contributed by atoms with E-state index in [1.807, 2.05) is 31.2 Å². The Balaban J connectivity index is 1.91. The van der Waals surface area contributed by atoms with Crippen molar-refractivity contribution >= 4 is 23.0 Å². The molecule has 0 spiro atoms. The summed E-state index contributed by atoms with van der Waals surface area (Å²) in [6.45, 7) is 4.48. The Hall–Kier alpha value is -3.33. The minimum absolute atomic E-state index is 0.135. The van der Waals surface area contributed by atoms with Gasteiger partial charge in [-0.2, -0.15) is 0 Å². The molecule has 0 aliphatic rings. The zero-order valence-electron chi connectivity index (χ0n) is 22.1. The molecule has 0 atom stereocenters. The Morgan fingerprint density at radius 3 is 2.19 bits per heavy atom. The van der Waals surface area contributed by atoms with Crippen molar-refractivity contribution in [3.8, 4) is 0 Å². The first-order valence-corrected chi connectivity index (χ1v) is 13.3. The highest BCUT2D eigenvalue weighted by molar-refractivity contribution is 5.94. The molecule has 0 aliphatic carbocycles. The molecule has 2 rings (SSSR count). The number of ether oxygens (including phenoxy) is 1. The molecule has 0 amide bonds. The van der Waals surface area contributed by atoms with Crippen LogP contribution < -0.4 is 5.01 Å². The van der Waals surface area contributed by atoms with Gasteiger partial charge in [-0.1, -0.05) is 87.6 Å². The van der Waals surface area contributed by atoms with Crippen molar-refractivity contribution in [1.29, 1.82) is 0 Å². The van der Waals surface area contributed by atoms with E-state index in [0.717, 1.165) is 30.5 Å². The van der Waals surface area contributed by atoms with Gasteiger partial charge < -0.3 is 9.84 Å². The molecule has 0 bridgehead atoms. The number of aliphatic hydroxyl groups excluding tert-OH is 1. The molecule has 202 valence electrons. The minimum Gasteiger partial charge on any atom is -0.462 e. The number of nitro groups is 1. The number of esters is 1. The number of anilines is 1. The number of rotatable bonds is 18. The van der Waals surface area contributed by atoms with Crippen molar-refractivity contribution in [2.45, 2.75) is 78.1 Å². The molecule has 0 unspecified atom stereocenters. The van der Waals surface area contributed by atoms with Crippen LogP contribution in [-0.4, -0.2) is 35.8 Å². The second kappa shape index (κ2) is 17.2. The maximum atomic E-state index is 12.6. The number of carbonyl (C=O) groups excluding carboxylic acids is 1.